The van der Waals surface area contributed by atoms with Crippen molar-refractivity contribution in [1.29, 1.82) is 0 Å². The maximum atomic E-state index is 11.4. The highest BCUT2D eigenvalue weighted by Gasteiger charge is 2.06. The number of amides is 1. The Morgan fingerprint density at radius 1 is 1.29 bits per heavy atom. The number of aromatic nitrogens is 1. The highest BCUT2D eigenvalue weighted by atomic mass is 16.2. The van der Waals surface area contributed by atoms with E-state index in [4.69, 9.17) is 0 Å². The molecule has 0 spiro atoms. The van der Waals surface area contributed by atoms with E-state index < -0.39 is 0 Å². The second kappa shape index (κ2) is 4.31. The summed E-state index contributed by atoms with van der Waals surface area (Å²) in [5.74, 6) is 0.178. The summed E-state index contributed by atoms with van der Waals surface area (Å²) in [7, 11) is 3.58. The predicted molar refractivity (Wildman–Crippen MR) is 57.2 cm³/mol. The standard InChI is InChI=1S/C11H18N2O/c1-9-5-6-10(2)13(9)8-7-11(14)12(3)4/h5-6H,7-8H2,1-4H3. The zero-order valence-electron chi connectivity index (χ0n) is 9.37. The first-order valence-corrected chi connectivity index (χ1v) is 4.85. The maximum Gasteiger partial charge on any atom is 0.223 e. The van der Waals surface area contributed by atoms with Gasteiger partial charge in [-0.2, -0.15) is 0 Å². The van der Waals surface area contributed by atoms with Crippen molar-refractivity contribution in [2.75, 3.05) is 14.1 Å². The van der Waals surface area contributed by atoms with Crippen molar-refractivity contribution in [3.63, 3.8) is 0 Å². The molecule has 78 valence electrons. The Morgan fingerprint density at radius 2 is 1.79 bits per heavy atom. The minimum absolute atomic E-state index is 0.178. The molecule has 1 rings (SSSR count). The van der Waals surface area contributed by atoms with Gasteiger partial charge in [-0.25, -0.2) is 0 Å². The van der Waals surface area contributed by atoms with Crippen molar-refractivity contribution in [2.24, 2.45) is 0 Å². The second-order valence-electron chi connectivity index (χ2n) is 3.81. The van der Waals surface area contributed by atoms with Crippen LogP contribution in [0.25, 0.3) is 0 Å². The van der Waals surface area contributed by atoms with Crippen LogP contribution in [0.2, 0.25) is 0 Å². The largest absolute Gasteiger partial charge is 0.349 e. The van der Waals surface area contributed by atoms with Crippen LogP contribution in [-0.4, -0.2) is 29.5 Å². The van der Waals surface area contributed by atoms with Gasteiger partial charge in [0.15, 0.2) is 0 Å². The minimum Gasteiger partial charge on any atom is -0.349 e. The summed E-state index contributed by atoms with van der Waals surface area (Å²) in [5, 5.41) is 0. The molecule has 0 atom stereocenters. The molecule has 0 saturated carbocycles. The molecule has 1 amide bonds. The van der Waals surface area contributed by atoms with E-state index in [-0.39, 0.29) is 5.91 Å². The molecule has 0 aromatic carbocycles. The van der Waals surface area contributed by atoms with Gasteiger partial charge in [0.2, 0.25) is 5.91 Å². The zero-order chi connectivity index (χ0) is 10.7. The van der Waals surface area contributed by atoms with E-state index in [0.29, 0.717) is 6.42 Å². The normalized spacial score (nSPS) is 10.3. The molecule has 0 fully saturated rings. The first-order chi connectivity index (χ1) is 6.52. The van der Waals surface area contributed by atoms with Gasteiger partial charge in [-0.15, -0.1) is 0 Å². The summed E-state index contributed by atoms with van der Waals surface area (Å²) >= 11 is 0. The van der Waals surface area contributed by atoms with E-state index in [9.17, 15) is 4.79 Å². The molecule has 0 saturated heterocycles. The SMILES string of the molecule is Cc1ccc(C)n1CCC(=O)N(C)C. The van der Waals surface area contributed by atoms with E-state index >= 15 is 0 Å². The van der Waals surface area contributed by atoms with Crippen LogP contribution in [0.15, 0.2) is 12.1 Å². The monoisotopic (exact) mass is 194 g/mol. The highest BCUT2D eigenvalue weighted by Crippen LogP contribution is 2.08. The molecule has 0 N–H and O–H groups in total. The molecular weight excluding hydrogens is 176 g/mol. The van der Waals surface area contributed by atoms with Gasteiger partial charge < -0.3 is 9.47 Å². The van der Waals surface area contributed by atoms with Crippen molar-refractivity contribution < 1.29 is 4.79 Å². The van der Waals surface area contributed by atoms with E-state index in [1.165, 1.54) is 11.4 Å². The average molecular weight is 194 g/mol. The summed E-state index contributed by atoms with van der Waals surface area (Å²) in [4.78, 5) is 13.0. The fourth-order valence-corrected chi connectivity index (χ4v) is 1.48. The molecule has 14 heavy (non-hydrogen) atoms. The third-order valence-corrected chi connectivity index (χ3v) is 2.47. The van der Waals surface area contributed by atoms with Gasteiger partial charge >= 0.3 is 0 Å². The van der Waals surface area contributed by atoms with E-state index in [2.05, 4.69) is 30.5 Å². The Morgan fingerprint density at radius 3 is 2.21 bits per heavy atom. The van der Waals surface area contributed by atoms with E-state index in [1.54, 1.807) is 19.0 Å². The molecule has 0 unspecified atom stereocenters. The van der Waals surface area contributed by atoms with Crippen LogP contribution in [0.3, 0.4) is 0 Å². The summed E-state index contributed by atoms with van der Waals surface area (Å²) in [6, 6.07) is 4.16. The molecule has 3 heteroatoms. The third-order valence-electron chi connectivity index (χ3n) is 2.47. The van der Waals surface area contributed by atoms with Gasteiger partial charge in [0.05, 0.1) is 0 Å². The van der Waals surface area contributed by atoms with Gasteiger partial charge in [-0.1, -0.05) is 0 Å². The maximum absolute atomic E-state index is 11.4. The molecule has 0 radical (unpaired) electrons. The highest BCUT2D eigenvalue weighted by molar-refractivity contribution is 5.75. The molecule has 0 aliphatic rings. The lowest BCUT2D eigenvalue weighted by molar-refractivity contribution is -0.128. The summed E-state index contributed by atoms with van der Waals surface area (Å²) in [6.07, 6.45) is 0.573. The fourth-order valence-electron chi connectivity index (χ4n) is 1.48. The number of hydrogen-bond donors (Lipinski definition) is 0. The van der Waals surface area contributed by atoms with Gasteiger partial charge in [-0.3, -0.25) is 4.79 Å². The van der Waals surface area contributed by atoms with Crippen LogP contribution < -0.4 is 0 Å². The number of carbonyl (C=O) groups is 1. The Balaban J connectivity index is 2.58. The second-order valence-corrected chi connectivity index (χ2v) is 3.81. The summed E-state index contributed by atoms with van der Waals surface area (Å²) in [6.45, 7) is 4.90. The topological polar surface area (TPSA) is 25.2 Å². The van der Waals surface area contributed by atoms with Gasteiger partial charge in [-0.05, 0) is 26.0 Å². The fraction of sp³-hybridized carbons (Fsp3) is 0.545. The first kappa shape index (κ1) is 10.8. The molecule has 1 aromatic heterocycles. The third kappa shape index (κ3) is 2.37. The van der Waals surface area contributed by atoms with Crippen molar-refractivity contribution in [3.8, 4) is 0 Å². The van der Waals surface area contributed by atoms with Crippen molar-refractivity contribution >= 4 is 5.91 Å². The lowest BCUT2D eigenvalue weighted by atomic mass is 10.3. The molecule has 0 aliphatic carbocycles. The number of aryl methyl sites for hydroxylation is 2. The van der Waals surface area contributed by atoms with E-state index in [0.717, 1.165) is 6.54 Å². The smallest absolute Gasteiger partial charge is 0.223 e. The Kier molecular flexibility index (Phi) is 3.33. The Labute approximate surface area is 85.3 Å². The minimum atomic E-state index is 0.178. The van der Waals surface area contributed by atoms with Crippen LogP contribution >= 0.6 is 0 Å². The average Bonchev–Trinajstić information content (AvgIpc) is 2.43. The van der Waals surface area contributed by atoms with Crippen LogP contribution in [0.1, 0.15) is 17.8 Å². The molecule has 3 nitrogen and oxygen atoms in total. The summed E-state index contributed by atoms with van der Waals surface area (Å²) < 4.78 is 2.17. The molecule has 0 aliphatic heterocycles. The predicted octanol–water partition coefficient (Wildman–Crippen LogP) is 1.58. The molecule has 1 heterocycles. The van der Waals surface area contributed by atoms with Crippen LogP contribution in [-0.2, 0) is 11.3 Å². The molecular formula is C11H18N2O. The number of rotatable bonds is 3. The summed E-state index contributed by atoms with van der Waals surface area (Å²) in [5.41, 5.74) is 2.43. The Hall–Kier alpha value is -1.25. The van der Waals surface area contributed by atoms with Gasteiger partial charge in [0.25, 0.3) is 0 Å². The van der Waals surface area contributed by atoms with Crippen molar-refractivity contribution in [2.45, 2.75) is 26.8 Å². The van der Waals surface area contributed by atoms with Crippen LogP contribution in [0.5, 0.6) is 0 Å². The number of nitrogens with zero attached hydrogens (tertiary/aromatic N) is 2. The van der Waals surface area contributed by atoms with Crippen molar-refractivity contribution in [3.05, 3.63) is 23.5 Å². The molecule has 0 bridgehead atoms. The lowest BCUT2D eigenvalue weighted by Crippen LogP contribution is -2.23. The Bertz CT molecular complexity index is 307. The first-order valence-electron chi connectivity index (χ1n) is 4.85. The van der Waals surface area contributed by atoms with Gasteiger partial charge in [0, 0.05) is 38.4 Å². The van der Waals surface area contributed by atoms with Crippen molar-refractivity contribution in [1.82, 2.24) is 9.47 Å². The van der Waals surface area contributed by atoms with E-state index in [1.807, 2.05) is 0 Å². The van der Waals surface area contributed by atoms with Crippen LogP contribution in [0, 0.1) is 13.8 Å². The quantitative estimate of drug-likeness (QED) is 0.717. The number of hydrogen-bond acceptors (Lipinski definition) is 1. The molecule has 1 aromatic rings. The van der Waals surface area contributed by atoms with Gasteiger partial charge in [0.1, 0.15) is 0 Å². The zero-order valence-corrected chi connectivity index (χ0v) is 9.37. The number of carbonyl (C=O) groups excluding carboxylic acids is 1. The lowest BCUT2D eigenvalue weighted by Gasteiger charge is -2.12. The van der Waals surface area contributed by atoms with Crippen LogP contribution in [0.4, 0.5) is 0 Å².